The SMILES string of the molecule is O=C(Nc1nc2ccccc2[nH]1)C1CCOCC1. The molecule has 5 nitrogen and oxygen atoms in total. The maximum atomic E-state index is 12.0. The van der Waals surface area contributed by atoms with E-state index in [2.05, 4.69) is 15.3 Å². The molecule has 2 N–H and O–H groups in total. The Balaban J connectivity index is 1.73. The zero-order chi connectivity index (χ0) is 12.4. The normalized spacial score (nSPS) is 16.9. The molecule has 1 aliphatic heterocycles. The standard InChI is InChI=1S/C13H15N3O2/c17-12(9-5-7-18-8-6-9)16-13-14-10-3-1-2-4-11(10)15-13/h1-4,9H,5-8H2,(H2,14,15,16,17). The van der Waals surface area contributed by atoms with Crippen molar-refractivity contribution in [2.75, 3.05) is 18.5 Å². The Labute approximate surface area is 105 Å². The lowest BCUT2D eigenvalue weighted by atomic mass is 10.00. The van der Waals surface area contributed by atoms with Crippen LogP contribution in [0.15, 0.2) is 24.3 Å². The summed E-state index contributed by atoms with van der Waals surface area (Å²) in [6.45, 7) is 1.33. The number of aromatic nitrogens is 2. The third-order valence-corrected chi connectivity index (χ3v) is 3.22. The van der Waals surface area contributed by atoms with Crippen LogP contribution in [0.5, 0.6) is 0 Å². The highest BCUT2D eigenvalue weighted by Crippen LogP contribution is 2.18. The highest BCUT2D eigenvalue weighted by Gasteiger charge is 2.22. The van der Waals surface area contributed by atoms with E-state index in [4.69, 9.17) is 4.74 Å². The van der Waals surface area contributed by atoms with Crippen LogP contribution in [0.1, 0.15) is 12.8 Å². The Kier molecular flexibility index (Phi) is 2.98. The first kappa shape index (κ1) is 11.2. The Bertz CT molecular complexity index is 525. The molecule has 2 aromatic rings. The lowest BCUT2D eigenvalue weighted by Gasteiger charge is -2.20. The van der Waals surface area contributed by atoms with Gasteiger partial charge in [0.2, 0.25) is 11.9 Å². The fourth-order valence-electron chi connectivity index (χ4n) is 2.19. The zero-order valence-corrected chi connectivity index (χ0v) is 9.98. The van der Waals surface area contributed by atoms with Crippen molar-refractivity contribution in [3.63, 3.8) is 0 Å². The lowest BCUT2D eigenvalue weighted by Crippen LogP contribution is -2.28. The molecular weight excluding hydrogens is 230 g/mol. The van der Waals surface area contributed by atoms with Gasteiger partial charge in [-0.25, -0.2) is 4.98 Å². The number of carbonyl (C=O) groups excluding carboxylic acids is 1. The molecule has 0 unspecified atom stereocenters. The number of imidazole rings is 1. The average Bonchev–Trinajstić information content (AvgIpc) is 2.82. The minimum absolute atomic E-state index is 0.0253. The van der Waals surface area contributed by atoms with Gasteiger partial charge >= 0.3 is 0 Å². The monoisotopic (exact) mass is 245 g/mol. The highest BCUT2D eigenvalue weighted by molar-refractivity contribution is 5.92. The average molecular weight is 245 g/mol. The van der Waals surface area contributed by atoms with Gasteiger partial charge in [-0.15, -0.1) is 0 Å². The second-order valence-electron chi connectivity index (χ2n) is 4.48. The predicted molar refractivity (Wildman–Crippen MR) is 68.3 cm³/mol. The number of anilines is 1. The van der Waals surface area contributed by atoms with Gasteiger partial charge in [0.15, 0.2) is 0 Å². The van der Waals surface area contributed by atoms with Crippen molar-refractivity contribution in [2.45, 2.75) is 12.8 Å². The van der Waals surface area contributed by atoms with Crippen LogP contribution in [0.4, 0.5) is 5.95 Å². The van der Waals surface area contributed by atoms with Gasteiger partial charge < -0.3 is 9.72 Å². The number of rotatable bonds is 2. The predicted octanol–water partition coefficient (Wildman–Crippen LogP) is 1.93. The number of carbonyl (C=O) groups is 1. The number of nitrogens with zero attached hydrogens (tertiary/aromatic N) is 1. The van der Waals surface area contributed by atoms with Crippen LogP contribution in [0.25, 0.3) is 11.0 Å². The van der Waals surface area contributed by atoms with Crippen LogP contribution in [-0.4, -0.2) is 29.1 Å². The Morgan fingerprint density at radius 3 is 2.89 bits per heavy atom. The Morgan fingerprint density at radius 1 is 1.33 bits per heavy atom. The van der Waals surface area contributed by atoms with Crippen LogP contribution >= 0.6 is 0 Å². The first-order chi connectivity index (χ1) is 8.83. The van der Waals surface area contributed by atoms with Crippen molar-refractivity contribution < 1.29 is 9.53 Å². The summed E-state index contributed by atoms with van der Waals surface area (Å²) in [6, 6.07) is 7.71. The molecule has 0 aliphatic carbocycles. The second-order valence-corrected chi connectivity index (χ2v) is 4.48. The number of para-hydroxylation sites is 2. The van der Waals surface area contributed by atoms with Gasteiger partial charge in [-0.3, -0.25) is 10.1 Å². The van der Waals surface area contributed by atoms with E-state index in [1.165, 1.54) is 0 Å². The summed E-state index contributed by atoms with van der Waals surface area (Å²) < 4.78 is 5.24. The van der Waals surface area contributed by atoms with Gasteiger partial charge in [-0.05, 0) is 25.0 Å². The van der Waals surface area contributed by atoms with Gasteiger partial charge in [0.05, 0.1) is 11.0 Å². The summed E-state index contributed by atoms with van der Waals surface area (Å²) in [5.74, 6) is 0.581. The number of benzene rings is 1. The molecule has 1 saturated heterocycles. The zero-order valence-electron chi connectivity index (χ0n) is 9.98. The van der Waals surface area contributed by atoms with Gasteiger partial charge in [-0.1, -0.05) is 12.1 Å². The molecular formula is C13H15N3O2. The molecule has 5 heteroatoms. The largest absolute Gasteiger partial charge is 0.381 e. The second kappa shape index (κ2) is 4.78. The summed E-state index contributed by atoms with van der Waals surface area (Å²) >= 11 is 0. The minimum Gasteiger partial charge on any atom is -0.381 e. The summed E-state index contributed by atoms with van der Waals surface area (Å²) in [6.07, 6.45) is 1.57. The first-order valence-corrected chi connectivity index (χ1v) is 6.16. The maximum Gasteiger partial charge on any atom is 0.229 e. The quantitative estimate of drug-likeness (QED) is 0.849. The maximum absolute atomic E-state index is 12.0. The summed E-state index contributed by atoms with van der Waals surface area (Å²) in [5, 5.41) is 2.84. The summed E-state index contributed by atoms with van der Waals surface area (Å²) in [4.78, 5) is 19.4. The molecule has 94 valence electrons. The molecule has 0 saturated carbocycles. The van der Waals surface area contributed by atoms with Crippen molar-refractivity contribution in [1.29, 1.82) is 0 Å². The number of H-pyrrole nitrogens is 1. The van der Waals surface area contributed by atoms with Crippen LogP contribution in [0.2, 0.25) is 0 Å². The van der Waals surface area contributed by atoms with E-state index in [-0.39, 0.29) is 11.8 Å². The fraction of sp³-hybridized carbons (Fsp3) is 0.385. The molecule has 1 fully saturated rings. The van der Waals surface area contributed by atoms with Gasteiger partial charge in [-0.2, -0.15) is 0 Å². The number of ether oxygens (including phenoxy) is 1. The molecule has 0 radical (unpaired) electrons. The van der Waals surface area contributed by atoms with E-state index in [9.17, 15) is 4.79 Å². The molecule has 0 spiro atoms. The number of nitrogens with one attached hydrogen (secondary N) is 2. The molecule has 0 atom stereocenters. The van der Waals surface area contributed by atoms with E-state index >= 15 is 0 Å². The third kappa shape index (κ3) is 2.22. The molecule has 1 amide bonds. The molecule has 3 rings (SSSR count). The van der Waals surface area contributed by atoms with Crippen LogP contribution < -0.4 is 5.32 Å². The number of fused-ring (bicyclic) bond motifs is 1. The minimum atomic E-state index is 0.0253. The molecule has 1 aliphatic rings. The smallest absolute Gasteiger partial charge is 0.229 e. The van der Waals surface area contributed by atoms with Crippen molar-refractivity contribution >= 4 is 22.9 Å². The molecule has 1 aromatic heterocycles. The first-order valence-electron chi connectivity index (χ1n) is 6.16. The van der Waals surface area contributed by atoms with Crippen molar-refractivity contribution in [3.05, 3.63) is 24.3 Å². The topological polar surface area (TPSA) is 67.0 Å². The summed E-state index contributed by atoms with van der Waals surface area (Å²) in [7, 11) is 0. The van der Waals surface area contributed by atoms with Crippen molar-refractivity contribution in [3.8, 4) is 0 Å². The van der Waals surface area contributed by atoms with E-state index < -0.39 is 0 Å². The van der Waals surface area contributed by atoms with Crippen LogP contribution in [0.3, 0.4) is 0 Å². The number of aromatic amines is 1. The number of hydrogen-bond donors (Lipinski definition) is 2. The third-order valence-electron chi connectivity index (χ3n) is 3.22. The van der Waals surface area contributed by atoms with Crippen molar-refractivity contribution in [1.82, 2.24) is 9.97 Å². The van der Waals surface area contributed by atoms with Crippen molar-refractivity contribution in [2.24, 2.45) is 5.92 Å². The van der Waals surface area contributed by atoms with E-state index in [0.29, 0.717) is 19.2 Å². The van der Waals surface area contributed by atoms with Gasteiger partial charge in [0, 0.05) is 19.1 Å². The van der Waals surface area contributed by atoms with Crippen LogP contribution in [0, 0.1) is 5.92 Å². The lowest BCUT2D eigenvalue weighted by molar-refractivity contribution is -0.122. The highest BCUT2D eigenvalue weighted by atomic mass is 16.5. The molecule has 0 bridgehead atoms. The summed E-state index contributed by atoms with van der Waals surface area (Å²) in [5.41, 5.74) is 1.79. The van der Waals surface area contributed by atoms with Gasteiger partial charge in [0.25, 0.3) is 0 Å². The van der Waals surface area contributed by atoms with E-state index in [1.807, 2.05) is 24.3 Å². The Hall–Kier alpha value is -1.88. The molecule has 1 aromatic carbocycles. The molecule has 18 heavy (non-hydrogen) atoms. The molecule has 2 heterocycles. The fourth-order valence-corrected chi connectivity index (χ4v) is 2.19. The van der Waals surface area contributed by atoms with E-state index in [1.54, 1.807) is 0 Å². The van der Waals surface area contributed by atoms with Crippen LogP contribution in [-0.2, 0) is 9.53 Å². The van der Waals surface area contributed by atoms with Gasteiger partial charge in [0.1, 0.15) is 0 Å². The number of hydrogen-bond acceptors (Lipinski definition) is 3. The van der Waals surface area contributed by atoms with E-state index in [0.717, 1.165) is 23.9 Å². The Morgan fingerprint density at radius 2 is 2.11 bits per heavy atom. The number of amides is 1.